The molecular formula is C22H31NS. The van der Waals surface area contributed by atoms with Crippen LogP contribution < -0.4 is 4.31 Å². The Hall–Kier alpha value is -1.41. The summed E-state index contributed by atoms with van der Waals surface area (Å²) in [6, 6.07) is 21.4. The second-order valence-corrected chi connectivity index (χ2v) is 7.31. The molecule has 130 valence electrons. The van der Waals surface area contributed by atoms with Crippen molar-refractivity contribution in [2.75, 3.05) is 10.1 Å². The highest BCUT2D eigenvalue weighted by atomic mass is 32.2. The highest BCUT2D eigenvalue weighted by Crippen LogP contribution is 2.32. The van der Waals surface area contributed by atoms with E-state index in [9.17, 15) is 0 Å². The average Bonchev–Trinajstić information content (AvgIpc) is 2.65. The number of hydrogen-bond acceptors (Lipinski definition) is 2. The third kappa shape index (κ3) is 7.00. The Morgan fingerprint density at radius 3 is 1.58 bits per heavy atom. The van der Waals surface area contributed by atoms with Gasteiger partial charge in [-0.05, 0) is 42.6 Å². The fraction of sp³-hybridized carbons (Fsp3) is 0.455. The van der Waals surface area contributed by atoms with Crippen molar-refractivity contribution in [2.45, 2.75) is 58.3 Å². The van der Waals surface area contributed by atoms with Crippen molar-refractivity contribution in [1.82, 2.24) is 0 Å². The van der Waals surface area contributed by atoms with Crippen LogP contribution in [0.15, 0.2) is 60.7 Å². The van der Waals surface area contributed by atoms with Crippen LogP contribution in [0.5, 0.6) is 0 Å². The van der Waals surface area contributed by atoms with Gasteiger partial charge in [0.15, 0.2) is 0 Å². The topological polar surface area (TPSA) is 3.24 Å². The molecular weight excluding hydrogens is 310 g/mol. The number of unbranched alkanes of at least 4 members (excludes halogenated alkanes) is 7. The molecule has 2 aromatic carbocycles. The van der Waals surface area contributed by atoms with Gasteiger partial charge in [0, 0.05) is 5.75 Å². The highest BCUT2D eigenvalue weighted by Gasteiger charge is 2.09. The molecule has 0 aliphatic heterocycles. The molecule has 0 radical (unpaired) electrons. The van der Waals surface area contributed by atoms with Crippen LogP contribution in [0.2, 0.25) is 0 Å². The van der Waals surface area contributed by atoms with Crippen molar-refractivity contribution >= 4 is 23.3 Å². The lowest BCUT2D eigenvalue weighted by atomic mass is 10.1. The van der Waals surface area contributed by atoms with Crippen LogP contribution in [0.1, 0.15) is 58.3 Å². The Kier molecular flexibility index (Phi) is 9.48. The quantitative estimate of drug-likeness (QED) is 0.288. The van der Waals surface area contributed by atoms with Gasteiger partial charge in [-0.1, -0.05) is 88.3 Å². The van der Waals surface area contributed by atoms with Crippen molar-refractivity contribution in [3.8, 4) is 0 Å². The van der Waals surface area contributed by atoms with E-state index in [2.05, 4.69) is 71.9 Å². The van der Waals surface area contributed by atoms with Gasteiger partial charge in [-0.2, -0.15) is 0 Å². The van der Waals surface area contributed by atoms with E-state index in [1.54, 1.807) is 0 Å². The summed E-state index contributed by atoms with van der Waals surface area (Å²) in [5.41, 5.74) is 2.52. The van der Waals surface area contributed by atoms with Crippen LogP contribution >= 0.6 is 11.9 Å². The summed E-state index contributed by atoms with van der Waals surface area (Å²) in [6.07, 6.45) is 11.0. The molecule has 0 amide bonds. The molecule has 0 spiro atoms. The van der Waals surface area contributed by atoms with Gasteiger partial charge >= 0.3 is 0 Å². The van der Waals surface area contributed by atoms with Crippen molar-refractivity contribution in [2.24, 2.45) is 0 Å². The molecule has 0 heterocycles. The monoisotopic (exact) mass is 341 g/mol. The third-order valence-corrected chi connectivity index (χ3v) is 5.35. The predicted octanol–water partition coefficient (Wildman–Crippen LogP) is 7.61. The van der Waals surface area contributed by atoms with Gasteiger partial charge in [-0.3, -0.25) is 4.31 Å². The van der Waals surface area contributed by atoms with E-state index in [-0.39, 0.29) is 0 Å². The molecule has 0 unspecified atom stereocenters. The van der Waals surface area contributed by atoms with E-state index in [1.165, 1.54) is 68.5 Å². The predicted molar refractivity (Wildman–Crippen MR) is 110 cm³/mol. The van der Waals surface area contributed by atoms with Gasteiger partial charge in [-0.25, -0.2) is 0 Å². The lowest BCUT2D eigenvalue weighted by molar-refractivity contribution is 0.586. The lowest BCUT2D eigenvalue weighted by Gasteiger charge is -2.23. The van der Waals surface area contributed by atoms with Crippen LogP contribution in [-0.4, -0.2) is 5.75 Å². The lowest BCUT2D eigenvalue weighted by Crippen LogP contribution is -2.07. The smallest absolute Gasteiger partial charge is 0.0525 e. The number of hydrogen-bond donors (Lipinski definition) is 0. The molecule has 0 saturated heterocycles. The van der Waals surface area contributed by atoms with Gasteiger partial charge in [0.2, 0.25) is 0 Å². The van der Waals surface area contributed by atoms with Crippen molar-refractivity contribution in [3.05, 3.63) is 60.7 Å². The Balaban J connectivity index is 1.74. The SMILES string of the molecule is CCCCCCCCCCSN(c1ccccc1)c1ccccc1. The molecule has 0 aliphatic carbocycles. The number of para-hydroxylation sites is 2. The molecule has 0 atom stereocenters. The molecule has 0 aliphatic rings. The molecule has 0 bridgehead atoms. The molecule has 2 heteroatoms. The minimum Gasteiger partial charge on any atom is -0.285 e. The van der Waals surface area contributed by atoms with Crippen molar-refractivity contribution < 1.29 is 0 Å². The van der Waals surface area contributed by atoms with Gasteiger partial charge in [0.05, 0.1) is 11.4 Å². The van der Waals surface area contributed by atoms with Gasteiger partial charge in [0.1, 0.15) is 0 Å². The second-order valence-electron chi connectivity index (χ2n) is 6.27. The van der Waals surface area contributed by atoms with Crippen LogP contribution in [0.3, 0.4) is 0 Å². The second kappa shape index (κ2) is 12.0. The largest absolute Gasteiger partial charge is 0.285 e. The summed E-state index contributed by atoms with van der Waals surface area (Å²) < 4.78 is 2.36. The van der Waals surface area contributed by atoms with Gasteiger partial charge in [0.25, 0.3) is 0 Å². The molecule has 0 aromatic heterocycles. The Morgan fingerprint density at radius 1 is 0.625 bits per heavy atom. The molecule has 0 fully saturated rings. The molecule has 2 aromatic rings. The molecule has 2 rings (SSSR count). The summed E-state index contributed by atoms with van der Waals surface area (Å²) in [5, 5.41) is 0. The molecule has 0 saturated carbocycles. The summed E-state index contributed by atoms with van der Waals surface area (Å²) in [4.78, 5) is 0. The maximum Gasteiger partial charge on any atom is 0.0525 e. The standard InChI is InChI=1S/C22H31NS/c1-2-3-4-5-6-7-8-15-20-24-23(21-16-11-9-12-17-21)22-18-13-10-14-19-22/h9-14,16-19H,2-8,15,20H2,1H3. The Morgan fingerprint density at radius 2 is 1.08 bits per heavy atom. The first-order chi connectivity index (χ1) is 11.9. The Labute approximate surface area is 152 Å². The summed E-state index contributed by atoms with van der Waals surface area (Å²) in [6.45, 7) is 2.28. The first-order valence-corrected chi connectivity index (χ1v) is 10.4. The molecule has 0 N–H and O–H groups in total. The average molecular weight is 342 g/mol. The van der Waals surface area contributed by atoms with Crippen LogP contribution in [0, 0.1) is 0 Å². The number of anilines is 2. The minimum absolute atomic E-state index is 1.18. The fourth-order valence-corrected chi connectivity index (χ4v) is 3.87. The van der Waals surface area contributed by atoms with Crippen LogP contribution in [-0.2, 0) is 0 Å². The first-order valence-electron chi connectivity index (χ1n) is 9.45. The van der Waals surface area contributed by atoms with E-state index in [4.69, 9.17) is 0 Å². The van der Waals surface area contributed by atoms with Crippen LogP contribution in [0.4, 0.5) is 11.4 Å². The summed E-state index contributed by atoms with van der Waals surface area (Å²) in [5.74, 6) is 1.18. The summed E-state index contributed by atoms with van der Waals surface area (Å²) in [7, 11) is 0. The zero-order valence-electron chi connectivity index (χ0n) is 15.0. The van der Waals surface area contributed by atoms with Gasteiger partial charge < -0.3 is 0 Å². The van der Waals surface area contributed by atoms with Crippen molar-refractivity contribution in [3.63, 3.8) is 0 Å². The zero-order valence-corrected chi connectivity index (χ0v) is 15.8. The van der Waals surface area contributed by atoms with E-state index in [0.29, 0.717) is 0 Å². The normalized spacial score (nSPS) is 10.7. The molecule has 24 heavy (non-hydrogen) atoms. The van der Waals surface area contributed by atoms with E-state index < -0.39 is 0 Å². The highest BCUT2D eigenvalue weighted by molar-refractivity contribution is 8.00. The van der Waals surface area contributed by atoms with E-state index >= 15 is 0 Å². The van der Waals surface area contributed by atoms with E-state index in [1.807, 2.05) is 11.9 Å². The zero-order chi connectivity index (χ0) is 16.9. The first kappa shape index (κ1) is 18.9. The number of benzene rings is 2. The van der Waals surface area contributed by atoms with Gasteiger partial charge in [-0.15, -0.1) is 0 Å². The maximum absolute atomic E-state index is 2.36. The fourth-order valence-electron chi connectivity index (χ4n) is 2.82. The van der Waals surface area contributed by atoms with Crippen LogP contribution in [0.25, 0.3) is 0 Å². The van der Waals surface area contributed by atoms with Crippen molar-refractivity contribution in [1.29, 1.82) is 0 Å². The minimum atomic E-state index is 1.18. The summed E-state index contributed by atoms with van der Waals surface area (Å²) >= 11 is 1.93. The third-order valence-electron chi connectivity index (χ3n) is 4.20. The number of rotatable bonds is 12. The Bertz CT molecular complexity index is 487. The maximum atomic E-state index is 2.36. The number of nitrogens with zero attached hydrogens (tertiary/aromatic N) is 1. The van der Waals surface area contributed by atoms with E-state index in [0.717, 1.165) is 0 Å². The molecule has 1 nitrogen and oxygen atoms in total.